The number of carbonyl (C=O) groups is 1. The summed E-state index contributed by atoms with van der Waals surface area (Å²) < 4.78 is 5.86. The molecule has 1 aromatic heterocycles. The third-order valence-electron chi connectivity index (χ3n) is 4.72. The monoisotopic (exact) mass is 374 g/mol. The van der Waals surface area contributed by atoms with Gasteiger partial charge in [-0.05, 0) is 42.7 Å². The lowest BCUT2D eigenvalue weighted by Gasteiger charge is -2.17. The minimum Gasteiger partial charge on any atom is -0.489 e. The van der Waals surface area contributed by atoms with Gasteiger partial charge >= 0.3 is 0 Å². The van der Waals surface area contributed by atoms with Crippen LogP contribution in [-0.4, -0.2) is 16.8 Å². The van der Waals surface area contributed by atoms with Crippen LogP contribution >= 0.6 is 0 Å². The van der Waals surface area contributed by atoms with Crippen LogP contribution in [0.1, 0.15) is 48.2 Å². The normalized spacial score (nSPS) is 10.7. The largest absolute Gasteiger partial charge is 0.489 e. The lowest BCUT2D eigenvalue weighted by atomic mass is 10.0. The minimum absolute atomic E-state index is 0.0632. The number of hydrogen-bond donors (Lipinski definition) is 1. The van der Waals surface area contributed by atoms with Crippen LogP contribution in [0.4, 0.5) is 5.82 Å². The zero-order valence-corrected chi connectivity index (χ0v) is 16.4. The lowest BCUT2D eigenvalue weighted by molar-refractivity contribution is 0.103. The Hall–Kier alpha value is -3.14. The van der Waals surface area contributed by atoms with E-state index in [-0.39, 0.29) is 5.78 Å². The third-order valence-corrected chi connectivity index (χ3v) is 4.72. The second-order valence-corrected chi connectivity index (χ2v) is 6.69. The summed E-state index contributed by atoms with van der Waals surface area (Å²) in [6.45, 7) is 4.71. The Morgan fingerprint density at radius 2 is 1.79 bits per heavy atom. The fourth-order valence-electron chi connectivity index (χ4n) is 3.01. The van der Waals surface area contributed by atoms with Crippen molar-refractivity contribution in [2.45, 2.75) is 39.3 Å². The smallest absolute Gasteiger partial charge is 0.196 e. The maximum atomic E-state index is 13.1. The second-order valence-electron chi connectivity index (χ2n) is 6.69. The van der Waals surface area contributed by atoms with Crippen LogP contribution in [0.5, 0.6) is 5.75 Å². The number of ketones is 1. The van der Waals surface area contributed by atoms with Gasteiger partial charge < -0.3 is 10.1 Å². The van der Waals surface area contributed by atoms with Gasteiger partial charge in [-0.2, -0.15) is 0 Å². The molecule has 0 radical (unpaired) electrons. The second kappa shape index (κ2) is 9.70. The number of ether oxygens (including phenoxy) is 1. The van der Waals surface area contributed by atoms with Crippen molar-refractivity contribution in [3.8, 4) is 5.75 Å². The highest BCUT2D eigenvalue weighted by Crippen LogP contribution is 2.22. The fraction of sp³-hybridized carbons (Fsp3) is 0.250. The summed E-state index contributed by atoms with van der Waals surface area (Å²) in [7, 11) is 0. The first kappa shape index (κ1) is 19.6. The standard InChI is InChI=1S/C24H26N2O2/c1-3-20(4-2)26-24-22(14-9-15-25-24)23(27)19-12-8-13-21(16-19)28-17-18-10-6-5-7-11-18/h5-16,20H,3-4,17H2,1-2H3,(H,25,26). The van der Waals surface area contributed by atoms with E-state index in [1.807, 2.05) is 54.6 Å². The van der Waals surface area contributed by atoms with E-state index >= 15 is 0 Å². The van der Waals surface area contributed by atoms with E-state index in [0.717, 1.165) is 18.4 Å². The quantitative estimate of drug-likeness (QED) is 0.503. The maximum absolute atomic E-state index is 13.1. The van der Waals surface area contributed by atoms with Gasteiger partial charge in [-0.25, -0.2) is 4.98 Å². The zero-order chi connectivity index (χ0) is 19.8. The molecule has 144 valence electrons. The molecule has 1 N–H and O–H groups in total. The highest BCUT2D eigenvalue weighted by atomic mass is 16.5. The summed E-state index contributed by atoms with van der Waals surface area (Å²) in [5.41, 5.74) is 2.25. The summed E-state index contributed by atoms with van der Waals surface area (Å²) in [5, 5.41) is 3.40. The Labute approximate surface area is 166 Å². The van der Waals surface area contributed by atoms with Crippen LogP contribution in [0.3, 0.4) is 0 Å². The number of nitrogens with zero attached hydrogens (tertiary/aromatic N) is 1. The molecule has 0 fully saturated rings. The predicted molar refractivity (Wildman–Crippen MR) is 113 cm³/mol. The zero-order valence-electron chi connectivity index (χ0n) is 16.4. The predicted octanol–water partition coefficient (Wildman–Crippen LogP) is 5.49. The summed E-state index contributed by atoms with van der Waals surface area (Å²) in [6.07, 6.45) is 3.66. The Morgan fingerprint density at radius 3 is 2.54 bits per heavy atom. The minimum atomic E-state index is -0.0632. The van der Waals surface area contributed by atoms with Crippen LogP contribution in [0.2, 0.25) is 0 Å². The van der Waals surface area contributed by atoms with Gasteiger partial charge in [-0.1, -0.05) is 56.3 Å². The first-order valence-corrected chi connectivity index (χ1v) is 9.74. The van der Waals surface area contributed by atoms with E-state index in [1.165, 1.54) is 0 Å². The van der Waals surface area contributed by atoms with E-state index in [1.54, 1.807) is 18.3 Å². The molecule has 0 amide bonds. The van der Waals surface area contributed by atoms with Gasteiger partial charge in [0.2, 0.25) is 0 Å². The Kier molecular flexibility index (Phi) is 6.79. The van der Waals surface area contributed by atoms with Crippen LogP contribution in [-0.2, 0) is 6.61 Å². The van der Waals surface area contributed by atoms with E-state index in [4.69, 9.17) is 4.74 Å². The average molecular weight is 374 g/mol. The molecule has 28 heavy (non-hydrogen) atoms. The van der Waals surface area contributed by atoms with Crippen LogP contribution in [0, 0.1) is 0 Å². The van der Waals surface area contributed by atoms with Gasteiger partial charge in [0.05, 0.1) is 5.56 Å². The SMILES string of the molecule is CCC(CC)Nc1ncccc1C(=O)c1cccc(OCc2ccccc2)c1. The van der Waals surface area contributed by atoms with Gasteiger partial charge in [0.1, 0.15) is 18.2 Å². The van der Waals surface area contributed by atoms with E-state index in [0.29, 0.717) is 35.3 Å². The molecule has 0 atom stereocenters. The van der Waals surface area contributed by atoms with Crippen molar-refractivity contribution >= 4 is 11.6 Å². The number of pyridine rings is 1. The number of carbonyl (C=O) groups excluding carboxylic acids is 1. The van der Waals surface area contributed by atoms with Gasteiger partial charge in [0.25, 0.3) is 0 Å². The molecule has 0 unspecified atom stereocenters. The highest BCUT2D eigenvalue weighted by molar-refractivity contribution is 6.12. The number of nitrogens with one attached hydrogen (secondary N) is 1. The number of rotatable bonds is 9. The van der Waals surface area contributed by atoms with Gasteiger partial charge in [-0.3, -0.25) is 4.79 Å². The van der Waals surface area contributed by atoms with Crippen molar-refractivity contribution in [3.05, 3.63) is 89.6 Å². The average Bonchev–Trinajstić information content (AvgIpc) is 2.76. The molecule has 1 heterocycles. The number of hydrogen-bond acceptors (Lipinski definition) is 4. The first-order chi connectivity index (χ1) is 13.7. The van der Waals surface area contributed by atoms with E-state index in [2.05, 4.69) is 24.1 Å². The molecule has 0 aliphatic carbocycles. The topological polar surface area (TPSA) is 51.2 Å². The summed E-state index contributed by atoms with van der Waals surface area (Å²) in [5.74, 6) is 1.25. The Bertz CT molecular complexity index is 905. The van der Waals surface area contributed by atoms with E-state index < -0.39 is 0 Å². The molecule has 0 saturated carbocycles. The number of aromatic nitrogens is 1. The summed E-state index contributed by atoms with van der Waals surface area (Å²) in [6, 6.07) is 21.2. The molecule has 0 saturated heterocycles. The Morgan fingerprint density at radius 1 is 1.00 bits per heavy atom. The van der Waals surface area contributed by atoms with Gasteiger partial charge in [0.15, 0.2) is 5.78 Å². The van der Waals surface area contributed by atoms with Crippen LogP contribution < -0.4 is 10.1 Å². The molecule has 3 aromatic rings. The molecule has 0 aliphatic rings. The lowest BCUT2D eigenvalue weighted by Crippen LogP contribution is -2.20. The fourth-order valence-corrected chi connectivity index (χ4v) is 3.01. The summed E-state index contributed by atoms with van der Waals surface area (Å²) in [4.78, 5) is 17.5. The molecule has 0 bridgehead atoms. The number of benzene rings is 2. The van der Waals surface area contributed by atoms with Crippen LogP contribution in [0.15, 0.2) is 72.9 Å². The molecular weight excluding hydrogens is 348 g/mol. The molecule has 4 nitrogen and oxygen atoms in total. The molecular formula is C24H26N2O2. The molecule has 4 heteroatoms. The van der Waals surface area contributed by atoms with Crippen molar-refractivity contribution in [3.63, 3.8) is 0 Å². The molecule has 3 rings (SSSR count). The van der Waals surface area contributed by atoms with Gasteiger partial charge in [-0.15, -0.1) is 0 Å². The van der Waals surface area contributed by atoms with Gasteiger partial charge in [0, 0.05) is 17.8 Å². The molecule has 0 aliphatic heterocycles. The molecule has 0 spiro atoms. The third kappa shape index (κ3) is 4.97. The number of anilines is 1. The maximum Gasteiger partial charge on any atom is 0.196 e. The van der Waals surface area contributed by atoms with Crippen molar-refractivity contribution < 1.29 is 9.53 Å². The summed E-state index contributed by atoms with van der Waals surface area (Å²) >= 11 is 0. The highest BCUT2D eigenvalue weighted by Gasteiger charge is 2.17. The van der Waals surface area contributed by atoms with E-state index in [9.17, 15) is 4.79 Å². The van der Waals surface area contributed by atoms with Crippen LogP contribution in [0.25, 0.3) is 0 Å². The van der Waals surface area contributed by atoms with Crippen molar-refractivity contribution in [1.82, 2.24) is 4.98 Å². The van der Waals surface area contributed by atoms with Crippen molar-refractivity contribution in [2.24, 2.45) is 0 Å². The molecule has 2 aromatic carbocycles. The first-order valence-electron chi connectivity index (χ1n) is 9.74. The van der Waals surface area contributed by atoms with Crippen molar-refractivity contribution in [1.29, 1.82) is 0 Å². The van der Waals surface area contributed by atoms with Crippen molar-refractivity contribution in [2.75, 3.05) is 5.32 Å². The Balaban J connectivity index is 1.78.